The molecule has 1 N–H and O–H groups in total. The van der Waals surface area contributed by atoms with Crippen molar-refractivity contribution in [2.75, 3.05) is 10.8 Å². The van der Waals surface area contributed by atoms with Gasteiger partial charge in [0.25, 0.3) is 10.0 Å². The molecular formula is C33H33Cl2N3O4S. The highest BCUT2D eigenvalue weighted by atomic mass is 35.5. The van der Waals surface area contributed by atoms with E-state index >= 15 is 0 Å². The summed E-state index contributed by atoms with van der Waals surface area (Å²) in [6.45, 7) is 3.14. The molecule has 1 atom stereocenters. The zero-order chi connectivity index (χ0) is 31.0. The van der Waals surface area contributed by atoms with Gasteiger partial charge in [0, 0.05) is 24.0 Å². The predicted octanol–water partition coefficient (Wildman–Crippen LogP) is 6.35. The van der Waals surface area contributed by atoms with E-state index in [1.807, 2.05) is 44.2 Å². The highest BCUT2D eigenvalue weighted by Crippen LogP contribution is 2.31. The largest absolute Gasteiger partial charge is 0.352 e. The van der Waals surface area contributed by atoms with Gasteiger partial charge in [-0.25, -0.2) is 8.42 Å². The molecule has 43 heavy (non-hydrogen) atoms. The van der Waals surface area contributed by atoms with E-state index < -0.39 is 28.5 Å². The molecule has 0 aliphatic carbocycles. The molecule has 0 unspecified atom stereocenters. The molecule has 0 aromatic heterocycles. The van der Waals surface area contributed by atoms with Crippen LogP contribution in [-0.4, -0.2) is 43.8 Å². The monoisotopic (exact) mass is 637 g/mol. The average molecular weight is 639 g/mol. The zero-order valence-electron chi connectivity index (χ0n) is 23.9. The lowest BCUT2D eigenvalue weighted by Crippen LogP contribution is -2.54. The molecular weight excluding hydrogens is 605 g/mol. The third-order valence-electron chi connectivity index (χ3n) is 6.70. The van der Waals surface area contributed by atoms with Crippen LogP contribution in [0.5, 0.6) is 0 Å². The maximum absolute atomic E-state index is 14.4. The lowest BCUT2D eigenvalue weighted by atomic mass is 10.0. The van der Waals surface area contributed by atoms with Crippen LogP contribution in [0.25, 0.3) is 0 Å². The van der Waals surface area contributed by atoms with Gasteiger partial charge in [-0.05, 0) is 61.4 Å². The van der Waals surface area contributed by atoms with Crippen molar-refractivity contribution in [1.29, 1.82) is 0 Å². The quantitative estimate of drug-likeness (QED) is 0.196. The topological polar surface area (TPSA) is 86.8 Å². The number of halogens is 2. The first-order valence-corrected chi connectivity index (χ1v) is 16.0. The zero-order valence-corrected chi connectivity index (χ0v) is 26.2. The van der Waals surface area contributed by atoms with Crippen molar-refractivity contribution in [3.63, 3.8) is 0 Å². The summed E-state index contributed by atoms with van der Waals surface area (Å²) < 4.78 is 29.0. The van der Waals surface area contributed by atoms with E-state index in [2.05, 4.69) is 5.32 Å². The summed E-state index contributed by atoms with van der Waals surface area (Å²) in [4.78, 5) is 29.5. The summed E-state index contributed by atoms with van der Waals surface area (Å²) in [6, 6.07) is 29.5. The second kappa shape index (κ2) is 14.6. The van der Waals surface area contributed by atoms with Gasteiger partial charge in [0.15, 0.2) is 0 Å². The van der Waals surface area contributed by atoms with Gasteiger partial charge in [0.1, 0.15) is 12.6 Å². The minimum atomic E-state index is -4.22. The first kappa shape index (κ1) is 32.1. The molecule has 0 spiro atoms. The number of carbonyl (C=O) groups excluding carboxylic acids is 2. The number of hydrogen-bond acceptors (Lipinski definition) is 4. The Morgan fingerprint density at radius 3 is 1.95 bits per heavy atom. The van der Waals surface area contributed by atoms with Gasteiger partial charge in [-0.15, -0.1) is 0 Å². The molecule has 4 aromatic rings. The Kier molecular flexibility index (Phi) is 10.9. The molecule has 0 radical (unpaired) electrons. The fourth-order valence-corrected chi connectivity index (χ4v) is 6.48. The minimum Gasteiger partial charge on any atom is -0.352 e. The van der Waals surface area contributed by atoms with Gasteiger partial charge >= 0.3 is 0 Å². The summed E-state index contributed by atoms with van der Waals surface area (Å²) in [5.74, 6) is -0.925. The van der Waals surface area contributed by atoms with Gasteiger partial charge in [-0.2, -0.15) is 0 Å². The van der Waals surface area contributed by atoms with Crippen molar-refractivity contribution in [1.82, 2.24) is 10.2 Å². The molecule has 0 saturated carbocycles. The van der Waals surface area contributed by atoms with Crippen molar-refractivity contribution >= 4 is 50.7 Å². The van der Waals surface area contributed by atoms with Crippen LogP contribution in [0.4, 0.5) is 5.69 Å². The molecule has 0 saturated heterocycles. The Morgan fingerprint density at radius 2 is 1.35 bits per heavy atom. The number of carbonyl (C=O) groups is 2. The van der Waals surface area contributed by atoms with E-state index in [0.717, 1.165) is 15.4 Å². The number of rotatable bonds is 12. The maximum Gasteiger partial charge on any atom is 0.264 e. The number of nitrogens with zero attached hydrogens (tertiary/aromatic N) is 2. The van der Waals surface area contributed by atoms with E-state index in [0.29, 0.717) is 5.02 Å². The summed E-state index contributed by atoms with van der Waals surface area (Å²) in [7, 11) is -4.22. The number of amides is 2. The van der Waals surface area contributed by atoms with Crippen LogP contribution >= 0.6 is 23.2 Å². The third-order valence-corrected chi connectivity index (χ3v) is 9.04. The van der Waals surface area contributed by atoms with Crippen LogP contribution in [0.1, 0.15) is 25.0 Å². The third kappa shape index (κ3) is 8.38. The second-order valence-electron chi connectivity index (χ2n) is 10.3. The van der Waals surface area contributed by atoms with Crippen LogP contribution in [0, 0.1) is 0 Å². The molecule has 10 heteroatoms. The van der Waals surface area contributed by atoms with Crippen LogP contribution in [0.3, 0.4) is 0 Å². The molecule has 0 fully saturated rings. The predicted molar refractivity (Wildman–Crippen MR) is 172 cm³/mol. The van der Waals surface area contributed by atoms with Crippen molar-refractivity contribution in [3.05, 3.63) is 130 Å². The minimum absolute atomic E-state index is 0.00496. The number of anilines is 1. The van der Waals surface area contributed by atoms with Gasteiger partial charge in [-0.1, -0.05) is 96.0 Å². The van der Waals surface area contributed by atoms with Crippen molar-refractivity contribution in [2.24, 2.45) is 0 Å². The summed E-state index contributed by atoms with van der Waals surface area (Å²) in [5, 5.41) is 3.63. The number of nitrogens with one attached hydrogen (secondary N) is 1. The van der Waals surface area contributed by atoms with E-state index in [4.69, 9.17) is 23.2 Å². The SMILES string of the molecule is CC(C)NC(=O)[C@H](Cc1ccccc1)N(Cc1ccc(Cl)cc1)C(=O)CN(c1ccccc1Cl)S(=O)(=O)c1ccccc1. The van der Waals surface area contributed by atoms with Crippen molar-refractivity contribution in [2.45, 2.75) is 43.8 Å². The molecule has 7 nitrogen and oxygen atoms in total. The lowest BCUT2D eigenvalue weighted by Gasteiger charge is -2.34. The fourth-order valence-electron chi connectivity index (χ4n) is 4.61. The highest BCUT2D eigenvalue weighted by molar-refractivity contribution is 7.92. The van der Waals surface area contributed by atoms with Gasteiger partial charge in [-0.3, -0.25) is 13.9 Å². The Morgan fingerprint density at radius 1 is 0.767 bits per heavy atom. The smallest absolute Gasteiger partial charge is 0.264 e. The first-order chi connectivity index (χ1) is 20.6. The lowest BCUT2D eigenvalue weighted by molar-refractivity contribution is -0.140. The summed E-state index contributed by atoms with van der Waals surface area (Å²) in [5.41, 5.74) is 1.72. The normalized spacial score (nSPS) is 12.0. The maximum atomic E-state index is 14.4. The molecule has 0 aliphatic heterocycles. The van der Waals surface area contributed by atoms with Gasteiger partial charge in [0.2, 0.25) is 11.8 Å². The Hall–Kier alpha value is -3.85. The van der Waals surface area contributed by atoms with Crippen LogP contribution in [0.15, 0.2) is 114 Å². The van der Waals surface area contributed by atoms with Crippen LogP contribution in [0.2, 0.25) is 10.0 Å². The van der Waals surface area contributed by atoms with E-state index in [1.165, 1.54) is 17.0 Å². The van der Waals surface area contributed by atoms with E-state index in [1.54, 1.807) is 66.7 Å². The molecule has 4 rings (SSSR count). The highest BCUT2D eigenvalue weighted by Gasteiger charge is 2.35. The first-order valence-electron chi connectivity index (χ1n) is 13.8. The molecule has 0 aliphatic rings. The molecule has 0 bridgehead atoms. The Labute approximate surface area is 263 Å². The van der Waals surface area contributed by atoms with E-state index in [9.17, 15) is 18.0 Å². The standard InChI is InChI=1S/C33H33Cl2N3O4S/c1-24(2)36-33(40)31(21-25-11-5-3-6-12-25)37(22-26-17-19-27(34)20-18-26)32(39)23-38(30-16-10-9-15-29(30)35)43(41,42)28-13-7-4-8-14-28/h3-20,24,31H,21-23H2,1-2H3,(H,36,40)/t31-/m0/s1. The van der Waals surface area contributed by atoms with Crippen molar-refractivity contribution in [3.8, 4) is 0 Å². The number of sulfonamides is 1. The number of para-hydroxylation sites is 1. The number of hydrogen-bond donors (Lipinski definition) is 1. The van der Waals surface area contributed by atoms with Gasteiger partial charge < -0.3 is 10.2 Å². The number of benzene rings is 4. The summed E-state index contributed by atoms with van der Waals surface area (Å²) >= 11 is 12.6. The fraction of sp³-hybridized carbons (Fsp3) is 0.212. The molecule has 4 aromatic carbocycles. The Balaban J connectivity index is 1.80. The molecule has 224 valence electrons. The Bertz CT molecular complexity index is 1630. The van der Waals surface area contributed by atoms with Crippen molar-refractivity contribution < 1.29 is 18.0 Å². The summed E-state index contributed by atoms with van der Waals surface area (Å²) in [6.07, 6.45) is 0.219. The molecule has 0 heterocycles. The second-order valence-corrected chi connectivity index (χ2v) is 13.0. The molecule has 2 amide bonds. The van der Waals surface area contributed by atoms with E-state index in [-0.39, 0.29) is 40.5 Å². The van der Waals surface area contributed by atoms with Gasteiger partial charge in [0.05, 0.1) is 15.6 Å². The average Bonchev–Trinajstić information content (AvgIpc) is 2.99. The van der Waals surface area contributed by atoms with Crippen LogP contribution in [-0.2, 0) is 32.6 Å². The van der Waals surface area contributed by atoms with Crippen LogP contribution < -0.4 is 9.62 Å².